The minimum atomic E-state index is -0.0861. The zero-order valence-electron chi connectivity index (χ0n) is 18.0. The molecule has 0 saturated heterocycles. The van der Waals surface area contributed by atoms with Crippen LogP contribution in [0.25, 0.3) is 16.7 Å². The van der Waals surface area contributed by atoms with Crippen LogP contribution in [0.3, 0.4) is 0 Å². The highest BCUT2D eigenvalue weighted by atomic mass is 32.1. The summed E-state index contributed by atoms with van der Waals surface area (Å²) in [5.74, 6) is 1.97. The third kappa shape index (κ3) is 3.82. The molecule has 0 aliphatic carbocycles. The van der Waals surface area contributed by atoms with Crippen LogP contribution >= 0.6 is 12.2 Å². The van der Waals surface area contributed by atoms with Gasteiger partial charge in [-0.1, -0.05) is 18.2 Å². The molecule has 0 aliphatic rings. The van der Waals surface area contributed by atoms with Gasteiger partial charge in [0.1, 0.15) is 0 Å². The number of aromatic nitrogens is 4. The van der Waals surface area contributed by atoms with E-state index in [2.05, 4.69) is 10.00 Å². The zero-order chi connectivity index (χ0) is 22.1. The average molecular weight is 440 g/mol. The third-order valence-electron chi connectivity index (χ3n) is 5.41. The number of benzene rings is 2. The van der Waals surface area contributed by atoms with Gasteiger partial charge in [-0.05, 0) is 55.5 Å². The molecule has 0 aliphatic heterocycles. The van der Waals surface area contributed by atoms with Gasteiger partial charge in [0.25, 0.3) is 5.56 Å². The van der Waals surface area contributed by atoms with Crippen molar-refractivity contribution < 1.29 is 9.47 Å². The number of likely N-dealkylation sites (N-methyl/N-ethyl adjacent to an activating group) is 1. The molecule has 0 spiro atoms. The van der Waals surface area contributed by atoms with E-state index in [0.29, 0.717) is 28.4 Å². The SMILES string of the molecule is COc1ccc(CCN(C)Cn2nc3n(C)c(=O)c4ccccc4n3c2=S)cc1OC. The molecule has 0 saturated carbocycles. The van der Waals surface area contributed by atoms with Crippen LogP contribution in [-0.4, -0.2) is 51.5 Å². The summed E-state index contributed by atoms with van der Waals surface area (Å²) in [6, 6.07) is 13.4. The van der Waals surface area contributed by atoms with Crippen LogP contribution < -0.4 is 15.0 Å². The predicted octanol–water partition coefficient (Wildman–Crippen LogP) is 2.87. The minimum absolute atomic E-state index is 0.0861. The lowest BCUT2D eigenvalue weighted by molar-refractivity contribution is 0.255. The Kier molecular flexibility index (Phi) is 5.79. The number of ether oxygens (including phenoxy) is 2. The van der Waals surface area contributed by atoms with Crippen LogP contribution in [0.4, 0.5) is 0 Å². The summed E-state index contributed by atoms with van der Waals surface area (Å²) >= 11 is 5.70. The zero-order valence-corrected chi connectivity index (χ0v) is 18.8. The van der Waals surface area contributed by atoms with E-state index >= 15 is 0 Å². The fraction of sp³-hybridized carbons (Fsp3) is 0.318. The van der Waals surface area contributed by atoms with E-state index in [1.807, 2.05) is 53.9 Å². The molecule has 0 N–H and O–H groups in total. The molecular formula is C22H25N5O3S. The molecular weight excluding hydrogens is 414 g/mol. The number of methoxy groups -OCH3 is 2. The summed E-state index contributed by atoms with van der Waals surface area (Å²) in [7, 11) is 7.00. The lowest BCUT2D eigenvalue weighted by Gasteiger charge is -2.16. The van der Waals surface area contributed by atoms with Gasteiger partial charge < -0.3 is 9.47 Å². The van der Waals surface area contributed by atoms with Crippen LogP contribution in [0.15, 0.2) is 47.3 Å². The maximum atomic E-state index is 12.7. The first-order valence-corrected chi connectivity index (χ1v) is 10.3. The smallest absolute Gasteiger partial charge is 0.262 e. The molecule has 9 heteroatoms. The van der Waals surface area contributed by atoms with Crippen LogP contribution in [0.2, 0.25) is 0 Å². The van der Waals surface area contributed by atoms with Crippen molar-refractivity contribution in [1.82, 2.24) is 23.6 Å². The van der Waals surface area contributed by atoms with Crippen molar-refractivity contribution in [2.45, 2.75) is 13.1 Å². The van der Waals surface area contributed by atoms with Crippen molar-refractivity contribution in [2.75, 3.05) is 27.8 Å². The molecule has 2 aromatic carbocycles. The fourth-order valence-corrected chi connectivity index (χ4v) is 3.97. The van der Waals surface area contributed by atoms with Gasteiger partial charge >= 0.3 is 0 Å². The third-order valence-corrected chi connectivity index (χ3v) is 5.80. The Bertz CT molecular complexity index is 1370. The number of aryl methyl sites for hydroxylation is 1. The Morgan fingerprint density at radius 3 is 2.58 bits per heavy atom. The summed E-state index contributed by atoms with van der Waals surface area (Å²) in [5.41, 5.74) is 1.83. The molecule has 2 aromatic heterocycles. The maximum absolute atomic E-state index is 12.7. The molecule has 31 heavy (non-hydrogen) atoms. The fourth-order valence-electron chi connectivity index (χ4n) is 3.69. The van der Waals surface area contributed by atoms with Gasteiger partial charge in [-0.25, -0.2) is 4.68 Å². The number of para-hydroxylation sites is 1. The largest absolute Gasteiger partial charge is 0.493 e. The molecule has 4 rings (SSSR count). The van der Waals surface area contributed by atoms with Gasteiger partial charge in [0.2, 0.25) is 10.5 Å². The first kappa shape index (κ1) is 21.1. The summed E-state index contributed by atoms with van der Waals surface area (Å²) in [6.07, 6.45) is 0.832. The van der Waals surface area contributed by atoms with Gasteiger partial charge in [-0.15, -0.1) is 5.10 Å². The normalized spacial score (nSPS) is 11.5. The standard InChI is InChI=1S/C22H25N5O3S/c1-24(12-11-15-9-10-18(29-3)19(13-15)30-4)14-26-22(31)27-17-8-6-5-7-16(17)20(28)25(2)21(27)23-26/h5-10,13H,11-12,14H2,1-4H3. The van der Waals surface area contributed by atoms with Crippen molar-refractivity contribution in [3.8, 4) is 11.5 Å². The first-order valence-electron chi connectivity index (χ1n) is 9.91. The lowest BCUT2D eigenvalue weighted by Crippen LogP contribution is -2.25. The van der Waals surface area contributed by atoms with Crippen molar-refractivity contribution >= 4 is 28.9 Å². The Hall–Kier alpha value is -3.17. The Morgan fingerprint density at radius 2 is 1.84 bits per heavy atom. The first-order chi connectivity index (χ1) is 14.9. The molecule has 0 fully saturated rings. The maximum Gasteiger partial charge on any atom is 0.262 e. The van der Waals surface area contributed by atoms with E-state index in [-0.39, 0.29) is 5.56 Å². The van der Waals surface area contributed by atoms with E-state index < -0.39 is 0 Å². The molecule has 8 nitrogen and oxygen atoms in total. The number of rotatable bonds is 7. The van der Waals surface area contributed by atoms with Crippen LogP contribution in [0.5, 0.6) is 11.5 Å². The number of fused-ring (bicyclic) bond motifs is 3. The Labute approximate surface area is 184 Å². The number of hydrogen-bond acceptors (Lipinski definition) is 6. The van der Waals surface area contributed by atoms with Crippen LogP contribution in [0.1, 0.15) is 5.56 Å². The molecule has 0 bridgehead atoms. The van der Waals surface area contributed by atoms with Gasteiger partial charge in [0.15, 0.2) is 11.5 Å². The second-order valence-electron chi connectivity index (χ2n) is 7.46. The van der Waals surface area contributed by atoms with Crippen molar-refractivity contribution in [3.05, 3.63) is 63.2 Å². The van der Waals surface area contributed by atoms with Gasteiger partial charge in [-0.3, -0.25) is 18.7 Å². The molecule has 162 valence electrons. The molecule has 0 radical (unpaired) electrons. The topological polar surface area (TPSA) is 65.9 Å². The second kappa shape index (κ2) is 8.52. The van der Waals surface area contributed by atoms with Crippen molar-refractivity contribution in [1.29, 1.82) is 0 Å². The highest BCUT2D eigenvalue weighted by Gasteiger charge is 2.14. The summed E-state index contributed by atoms with van der Waals surface area (Å²) in [5, 5.41) is 5.25. The quantitative estimate of drug-likeness (QED) is 0.413. The van der Waals surface area contributed by atoms with Crippen LogP contribution in [0, 0.1) is 4.77 Å². The van der Waals surface area contributed by atoms with E-state index in [1.54, 1.807) is 25.9 Å². The van der Waals surface area contributed by atoms with E-state index in [4.69, 9.17) is 21.7 Å². The predicted molar refractivity (Wildman–Crippen MR) is 123 cm³/mol. The number of hydrogen-bond donors (Lipinski definition) is 0. The van der Waals surface area contributed by atoms with Crippen molar-refractivity contribution in [2.24, 2.45) is 7.05 Å². The molecule has 2 heterocycles. The highest BCUT2D eigenvalue weighted by molar-refractivity contribution is 7.71. The van der Waals surface area contributed by atoms with Crippen LogP contribution in [-0.2, 0) is 20.1 Å². The monoisotopic (exact) mass is 439 g/mol. The lowest BCUT2D eigenvalue weighted by atomic mass is 10.1. The molecule has 4 aromatic rings. The van der Waals surface area contributed by atoms with Gasteiger partial charge in [-0.2, -0.15) is 0 Å². The van der Waals surface area contributed by atoms with Crippen molar-refractivity contribution in [3.63, 3.8) is 0 Å². The van der Waals surface area contributed by atoms with E-state index in [9.17, 15) is 4.79 Å². The summed E-state index contributed by atoms with van der Waals surface area (Å²) in [4.78, 5) is 14.8. The van der Waals surface area contributed by atoms with E-state index in [0.717, 1.165) is 29.8 Å². The summed E-state index contributed by atoms with van der Waals surface area (Å²) in [6.45, 7) is 1.31. The van der Waals surface area contributed by atoms with E-state index in [1.165, 1.54) is 4.57 Å². The number of nitrogens with zero attached hydrogens (tertiary/aromatic N) is 5. The highest BCUT2D eigenvalue weighted by Crippen LogP contribution is 2.27. The Morgan fingerprint density at radius 1 is 1.10 bits per heavy atom. The molecule has 0 unspecified atom stereocenters. The second-order valence-corrected chi connectivity index (χ2v) is 7.82. The average Bonchev–Trinajstić information content (AvgIpc) is 3.11. The van der Waals surface area contributed by atoms with Gasteiger partial charge in [0.05, 0.1) is 31.8 Å². The minimum Gasteiger partial charge on any atom is -0.493 e. The summed E-state index contributed by atoms with van der Waals surface area (Å²) < 4.78 is 16.4. The molecule has 0 amide bonds. The Balaban J connectivity index is 1.58. The molecule has 0 atom stereocenters. The van der Waals surface area contributed by atoms with Gasteiger partial charge in [0, 0.05) is 13.6 Å².